The van der Waals surface area contributed by atoms with Gasteiger partial charge in [0.05, 0.1) is 6.04 Å². The van der Waals surface area contributed by atoms with E-state index in [1.807, 2.05) is 33.0 Å². The number of hydrogen-bond acceptors (Lipinski definition) is 4. The molecule has 5 heteroatoms. The summed E-state index contributed by atoms with van der Waals surface area (Å²) in [6.07, 6.45) is 1.19. The summed E-state index contributed by atoms with van der Waals surface area (Å²) >= 11 is 0. The molecule has 0 bridgehead atoms. The first-order valence-corrected chi connectivity index (χ1v) is 10.4. The van der Waals surface area contributed by atoms with Gasteiger partial charge >= 0.3 is 0 Å². The Kier molecular flexibility index (Phi) is 10.4. The molecule has 0 aliphatic carbocycles. The van der Waals surface area contributed by atoms with Gasteiger partial charge < -0.3 is 15.5 Å². The Labute approximate surface area is 171 Å². The molecule has 0 saturated carbocycles. The molecule has 1 aromatic rings. The van der Waals surface area contributed by atoms with Crippen molar-refractivity contribution in [3.05, 3.63) is 35.4 Å². The largest absolute Gasteiger partial charge is 0.352 e. The van der Waals surface area contributed by atoms with Crippen LogP contribution in [-0.4, -0.2) is 48.3 Å². The molecule has 0 fully saturated rings. The van der Waals surface area contributed by atoms with E-state index in [0.29, 0.717) is 25.4 Å². The smallest absolute Gasteiger partial charge is 0.221 e. The highest BCUT2D eigenvalue weighted by Gasteiger charge is 2.22. The van der Waals surface area contributed by atoms with Gasteiger partial charge in [0.2, 0.25) is 5.91 Å². The zero-order chi connectivity index (χ0) is 21.3. The summed E-state index contributed by atoms with van der Waals surface area (Å²) in [7, 11) is 2.03. The first kappa shape index (κ1) is 24.3. The van der Waals surface area contributed by atoms with Crippen LogP contribution in [-0.2, 0) is 22.6 Å². The van der Waals surface area contributed by atoms with Crippen molar-refractivity contribution in [2.45, 2.75) is 79.1 Å². The number of benzene rings is 1. The van der Waals surface area contributed by atoms with E-state index in [-0.39, 0.29) is 29.7 Å². The van der Waals surface area contributed by atoms with Gasteiger partial charge in [-0.3, -0.25) is 9.59 Å². The van der Waals surface area contributed by atoms with Crippen LogP contribution in [0.25, 0.3) is 0 Å². The molecule has 1 rings (SSSR count). The third kappa shape index (κ3) is 8.98. The van der Waals surface area contributed by atoms with Crippen LogP contribution in [0.1, 0.15) is 59.1 Å². The minimum atomic E-state index is -0.163. The van der Waals surface area contributed by atoms with Gasteiger partial charge in [-0.15, -0.1) is 0 Å². The molecule has 0 aromatic heterocycles. The lowest BCUT2D eigenvalue weighted by molar-refractivity contribution is -0.124. The summed E-state index contributed by atoms with van der Waals surface area (Å²) in [5, 5.41) is 6.37. The molecule has 0 spiro atoms. The number of Topliss-reactive ketones (excluding diaryl/α,β-unsaturated/α-hetero) is 1. The van der Waals surface area contributed by atoms with E-state index >= 15 is 0 Å². The van der Waals surface area contributed by atoms with Crippen LogP contribution in [0.5, 0.6) is 0 Å². The molecule has 158 valence electrons. The van der Waals surface area contributed by atoms with Crippen molar-refractivity contribution in [2.24, 2.45) is 5.92 Å². The van der Waals surface area contributed by atoms with Crippen molar-refractivity contribution >= 4 is 11.7 Å². The van der Waals surface area contributed by atoms with Crippen molar-refractivity contribution < 1.29 is 9.59 Å². The van der Waals surface area contributed by atoms with Gasteiger partial charge in [0.1, 0.15) is 0 Å². The molecule has 28 heavy (non-hydrogen) atoms. The fraction of sp³-hybridized carbons (Fsp3) is 0.652. The Hall–Kier alpha value is -1.72. The van der Waals surface area contributed by atoms with Crippen LogP contribution in [0.15, 0.2) is 24.3 Å². The molecule has 0 heterocycles. The second-order valence-electron chi connectivity index (χ2n) is 8.55. The molecular weight excluding hydrogens is 350 g/mol. The van der Waals surface area contributed by atoms with Crippen LogP contribution in [0.4, 0.5) is 0 Å². The Balaban J connectivity index is 2.55. The molecule has 1 atom stereocenters. The fourth-order valence-electron chi connectivity index (χ4n) is 2.90. The van der Waals surface area contributed by atoms with Crippen molar-refractivity contribution in [1.82, 2.24) is 15.5 Å². The maximum atomic E-state index is 12.5. The van der Waals surface area contributed by atoms with Gasteiger partial charge in [0, 0.05) is 37.5 Å². The molecular formula is C23H39N3O2. The number of nitrogens with zero attached hydrogens (tertiary/aromatic N) is 1. The number of rotatable bonds is 12. The molecule has 0 aliphatic rings. The van der Waals surface area contributed by atoms with E-state index < -0.39 is 0 Å². The minimum absolute atomic E-state index is 0.0143. The third-order valence-corrected chi connectivity index (χ3v) is 4.97. The lowest BCUT2D eigenvalue weighted by Gasteiger charge is -2.22. The second-order valence-corrected chi connectivity index (χ2v) is 8.55. The quantitative estimate of drug-likeness (QED) is 0.576. The molecule has 0 radical (unpaired) electrons. The predicted octanol–water partition coefficient (Wildman–Crippen LogP) is 3.17. The summed E-state index contributed by atoms with van der Waals surface area (Å²) in [5.74, 6) is 0.331. The standard InChI is InChI=1S/C23H39N3O2/c1-16(2)23(28)21(25-17(3)4)14-19-8-10-20(11-9-19)15-24-22(27)12-13-26(7)18(5)6/h8-11,16-18,21,25H,12-15H2,1-7H3,(H,24,27). The van der Waals surface area contributed by atoms with Gasteiger partial charge in [-0.2, -0.15) is 0 Å². The molecule has 0 saturated heterocycles. The normalized spacial score (nSPS) is 12.8. The monoisotopic (exact) mass is 389 g/mol. The van der Waals surface area contributed by atoms with Crippen LogP contribution in [0.2, 0.25) is 0 Å². The summed E-state index contributed by atoms with van der Waals surface area (Å²) in [4.78, 5) is 26.6. The summed E-state index contributed by atoms with van der Waals surface area (Å²) in [5.41, 5.74) is 2.19. The van der Waals surface area contributed by atoms with Crippen LogP contribution < -0.4 is 10.6 Å². The molecule has 2 N–H and O–H groups in total. The average Bonchev–Trinajstić information content (AvgIpc) is 2.63. The van der Waals surface area contributed by atoms with E-state index in [0.717, 1.165) is 17.7 Å². The van der Waals surface area contributed by atoms with Crippen LogP contribution in [0, 0.1) is 5.92 Å². The maximum absolute atomic E-state index is 12.5. The van der Waals surface area contributed by atoms with E-state index in [4.69, 9.17) is 0 Å². The second kappa shape index (κ2) is 12.0. The Morgan fingerprint density at radius 3 is 2.04 bits per heavy atom. The van der Waals surface area contributed by atoms with Gasteiger partial charge in [-0.05, 0) is 38.4 Å². The third-order valence-electron chi connectivity index (χ3n) is 4.97. The Morgan fingerprint density at radius 1 is 0.964 bits per heavy atom. The lowest BCUT2D eigenvalue weighted by atomic mass is 9.95. The first-order chi connectivity index (χ1) is 13.1. The first-order valence-electron chi connectivity index (χ1n) is 10.4. The van der Waals surface area contributed by atoms with E-state index in [1.54, 1.807) is 0 Å². The van der Waals surface area contributed by atoms with E-state index in [2.05, 4.69) is 55.4 Å². The van der Waals surface area contributed by atoms with Gasteiger partial charge in [0.25, 0.3) is 0 Å². The van der Waals surface area contributed by atoms with E-state index in [9.17, 15) is 9.59 Å². The molecule has 0 aliphatic heterocycles. The number of amides is 1. The summed E-state index contributed by atoms with van der Waals surface area (Å²) in [6, 6.07) is 8.70. The molecule has 1 unspecified atom stereocenters. The van der Waals surface area contributed by atoms with Crippen molar-refractivity contribution in [3.63, 3.8) is 0 Å². The molecule has 1 aromatic carbocycles. The number of nitrogens with one attached hydrogen (secondary N) is 2. The number of ketones is 1. The SMILES string of the molecule is CC(C)NC(Cc1ccc(CNC(=O)CCN(C)C(C)C)cc1)C(=O)C(C)C. The highest BCUT2D eigenvalue weighted by Crippen LogP contribution is 2.11. The van der Waals surface area contributed by atoms with Crippen LogP contribution >= 0.6 is 0 Å². The van der Waals surface area contributed by atoms with Crippen LogP contribution in [0.3, 0.4) is 0 Å². The van der Waals surface area contributed by atoms with Gasteiger partial charge in [0.15, 0.2) is 5.78 Å². The zero-order valence-corrected chi connectivity index (χ0v) is 18.7. The fourth-order valence-corrected chi connectivity index (χ4v) is 2.90. The highest BCUT2D eigenvalue weighted by molar-refractivity contribution is 5.86. The highest BCUT2D eigenvalue weighted by atomic mass is 16.1. The van der Waals surface area contributed by atoms with Gasteiger partial charge in [-0.25, -0.2) is 0 Å². The van der Waals surface area contributed by atoms with Crippen molar-refractivity contribution in [1.29, 1.82) is 0 Å². The minimum Gasteiger partial charge on any atom is -0.352 e. The van der Waals surface area contributed by atoms with Crippen molar-refractivity contribution in [2.75, 3.05) is 13.6 Å². The topological polar surface area (TPSA) is 61.4 Å². The maximum Gasteiger partial charge on any atom is 0.221 e. The Morgan fingerprint density at radius 2 is 1.54 bits per heavy atom. The van der Waals surface area contributed by atoms with Gasteiger partial charge in [-0.1, -0.05) is 52.0 Å². The van der Waals surface area contributed by atoms with E-state index in [1.165, 1.54) is 0 Å². The number of carbonyl (C=O) groups is 2. The number of carbonyl (C=O) groups excluding carboxylic acids is 2. The van der Waals surface area contributed by atoms with Crippen molar-refractivity contribution in [3.8, 4) is 0 Å². The zero-order valence-electron chi connectivity index (χ0n) is 18.7. The summed E-state index contributed by atoms with van der Waals surface area (Å²) in [6.45, 7) is 13.5. The molecule has 5 nitrogen and oxygen atoms in total. The summed E-state index contributed by atoms with van der Waals surface area (Å²) < 4.78 is 0. The molecule has 1 amide bonds. The number of hydrogen-bond donors (Lipinski definition) is 2. The lowest BCUT2D eigenvalue weighted by Crippen LogP contribution is -2.44. The predicted molar refractivity (Wildman–Crippen MR) is 116 cm³/mol. The Bertz CT molecular complexity index is 609. The average molecular weight is 390 g/mol.